The molecule has 0 aliphatic rings. The largest absolute Gasteiger partial charge is 0.496 e. The van der Waals surface area contributed by atoms with Gasteiger partial charge in [0.25, 0.3) is 0 Å². The lowest BCUT2D eigenvalue weighted by atomic mass is 10.2. The van der Waals surface area contributed by atoms with E-state index in [2.05, 4.69) is 42.1 Å². The van der Waals surface area contributed by atoms with Crippen molar-refractivity contribution in [2.75, 3.05) is 7.11 Å². The fraction of sp³-hybridized carbons (Fsp3) is 0.111. The van der Waals surface area contributed by atoms with Gasteiger partial charge in [-0.3, -0.25) is 0 Å². The van der Waals surface area contributed by atoms with Gasteiger partial charge in [0.2, 0.25) is 5.96 Å². The molecule has 0 saturated carbocycles. The molecule has 0 heterocycles. The molecule has 0 radical (unpaired) electrons. The van der Waals surface area contributed by atoms with Crippen molar-refractivity contribution in [3.63, 3.8) is 0 Å². The van der Waals surface area contributed by atoms with Crippen molar-refractivity contribution in [3.05, 3.63) is 26.6 Å². The van der Waals surface area contributed by atoms with Gasteiger partial charge >= 0.3 is 0 Å². The molecule has 0 bridgehead atoms. The minimum absolute atomic E-state index is 0.0866. The number of halogens is 2. The first-order chi connectivity index (χ1) is 7.54. The monoisotopic (exact) mass is 348 g/mol. The smallest absolute Gasteiger partial charge is 0.211 e. The number of guanidine groups is 1. The first kappa shape index (κ1) is 13.0. The van der Waals surface area contributed by atoms with Crippen LogP contribution in [-0.2, 0) is 0 Å². The van der Waals surface area contributed by atoms with Crippen molar-refractivity contribution in [1.82, 2.24) is 0 Å². The quantitative estimate of drug-likeness (QED) is 0.496. The number of hydrogen-bond acceptors (Lipinski definition) is 3. The molecule has 0 spiro atoms. The van der Waals surface area contributed by atoms with E-state index in [1.807, 2.05) is 6.07 Å². The number of benzene rings is 1. The predicted molar refractivity (Wildman–Crippen MR) is 71.8 cm³/mol. The number of hydrogen-bond donors (Lipinski definition) is 2. The summed E-state index contributed by atoms with van der Waals surface area (Å²) in [6.45, 7) is 0. The van der Waals surface area contributed by atoms with E-state index in [-0.39, 0.29) is 5.96 Å². The van der Waals surface area contributed by atoms with Crippen LogP contribution in [0.25, 0.3) is 0 Å². The molecule has 5 nitrogen and oxygen atoms in total. The average molecular weight is 350 g/mol. The first-order valence-electron chi connectivity index (χ1n) is 4.19. The Kier molecular flexibility index (Phi) is 4.75. The average Bonchev–Trinajstić information content (AvgIpc) is 2.20. The van der Waals surface area contributed by atoms with E-state index in [0.717, 1.165) is 14.5 Å². The molecule has 86 valence electrons. The normalized spacial score (nSPS) is 10.4. The molecule has 7 heteroatoms. The molecule has 1 rings (SSSR count). The standard InChI is InChI=1S/C9H10Br2N4O/c1-16-8-2-5(4-14-15-9(12)13)6(10)3-7(8)11/h2-4H,1H3,(H4,12,13,15). The summed E-state index contributed by atoms with van der Waals surface area (Å²) in [6.07, 6.45) is 1.53. The van der Waals surface area contributed by atoms with Crippen LogP contribution in [0.15, 0.2) is 31.3 Å². The summed E-state index contributed by atoms with van der Waals surface area (Å²) in [7, 11) is 1.59. The molecular formula is C9H10Br2N4O. The number of methoxy groups -OCH3 is 1. The van der Waals surface area contributed by atoms with Gasteiger partial charge in [-0.2, -0.15) is 5.10 Å². The molecule has 0 aliphatic heterocycles. The summed E-state index contributed by atoms with van der Waals surface area (Å²) >= 11 is 6.76. The van der Waals surface area contributed by atoms with Gasteiger partial charge in [-0.05, 0) is 28.1 Å². The van der Waals surface area contributed by atoms with E-state index in [0.29, 0.717) is 5.75 Å². The van der Waals surface area contributed by atoms with Crippen LogP contribution in [0.5, 0.6) is 5.75 Å². The maximum atomic E-state index is 5.15. The van der Waals surface area contributed by atoms with Gasteiger partial charge in [-0.15, -0.1) is 5.10 Å². The molecule has 16 heavy (non-hydrogen) atoms. The second-order valence-electron chi connectivity index (χ2n) is 2.78. The van der Waals surface area contributed by atoms with Crippen molar-refractivity contribution in [3.8, 4) is 5.75 Å². The van der Waals surface area contributed by atoms with E-state index < -0.39 is 0 Å². The van der Waals surface area contributed by atoms with Gasteiger partial charge in [-0.25, -0.2) is 0 Å². The fourth-order valence-electron chi connectivity index (χ4n) is 0.958. The van der Waals surface area contributed by atoms with Crippen molar-refractivity contribution in [1.29, 1.82) is 0 Å². The van der Waals surface area contributed by atoms with Gasteiger partial charge in [0, 0.05) is 10.0 Å². The lowest BCUT2D eigenvalue weighted by molar-refractivity contribution is 0.412. The first-order valence-corrected chi connectivity index (χ1v) is 5.78. The number of nitrogens with two attached hydrogens (primary N) is 2. The van der Waals surface area contributed by atoms with Crippen LogP contribution >= 0.6 is 31.9 Å². The Balaban J connectivity index is 3.05. The van der Waals surface area contributed by atoms with Crippen LogP contribution in [0.2, 0.25) is 0 Å². The third-order valence-electron chi connectivity index (χ3n) is 1.64. The summed E-state index contributed by atoms with van der Waals surface area (Å²) in [6, 6.07) is 3.66. The molecule has 0 saturated heterocycles. The molecule has 0 atom stereocenters. The van der Waals surface area contributed by atoms with Crippen LogP contribution < -0.4 is 16.2 Å². The molecule has 1 aromatic rings. The van der Waals surface area contributed by atoms with E-state index in [1.165, 1.54) is 6.21 Å². The molecule has 1 aromatic carbocycles. The highest BCUT2D eigenvalue weighted by Crippen LogP contribution is 2.30. The Morgan fingerprint density at radius 2 is 2.00 bits per heavy atom. The van der Waals surface area contributed by atoms with Crippen molar-refractivity contribution in [2.45, 2.75) is 0 Å². The molecule has 0 amide bonds. The zero-order valence-corrected chi connectivity index (χ0v) is 11.6. The second kappa shape index (κ2) is 5.86. The highest BCUT2D eigenvalue weighted by Gasteiger charge is 2.05. The molecule has 0 aromatic heterocycles. The number of rotatable bonds is 3. The molecular weight excluding hydrogens is 340 g/mol. The molecule has 0 fully saturated rings. The van der Waals surface area contributed by atoms with Crippen LogP contribution in [0.3, 0.4) is 0 Å². The van der Waals surface area contributed by atoms with Crippen molar-refractivity contribution in [2.24, 2.45) is 21.7 Å². The van der Waals surface area contributed by atoms with E-state index in [1.54, 1.807) is 13.2 Å². The van der Waals surface area contributed by atoms with E-state index in [4.69, 9.17) is 16.2 Å². The maximum Gasteiger partial charge on any atom is 0.211 e. The van der Waals surface area contributed by atoms with Gasteiger partial charge in [0.15, 0.2) is 0 Å². The summed E-state index contributed by atoms with van der Waals surface area (Å²) in [5.74, 6) is 0.616. The van der Waals surface area contributed by atoms with Crippen LogP contribution in [0.1, 0.15) is 5.56 Å². The van der Waals surface area contributed by atoms with Gasteiger partial charge < -0.3 is 16.2 Å². The zero-order valence-electron chi connectivity index (χ0n) is 8.45. The minimum atomic E-state index is -0.0866. The van der Waals surface area contributed by atoms with Gasteiger partial charge in [0.05, 0.1) is 17.8 Å². The third kappa shape index (κ3) is 3.49. The Labute approximate surface area is 110 Å². The van der Waals surface area contributed by atoms with Crippen LogP contribution in [0.4, 0.5) is 0 Å². The summed E-state index contributed by atoms with van der Waals surface area (Å²) in [4.78, 5) is 0. The van der Waals surface area contributed by atoms with E-state index >= 15 is 0 Å². The Morgan fingerprint density at radius 1 is 1.31 bits per heavy atom. The maximum absolute atomic E-state index is 5.15. The summed E-state index contributed by atoms with van der Waals surface area (Å²) < 4.78 is 6.86. The third-order valence-corrected chi connectivity index (χ3v) is 2.95. The topological polar surface area (TPSA) is 86.0 Å². The number of nitrogens with zero attached hydrogens (tertiary/aromatic N) is 2. The van der Waals surface area contributed by atoms with Crippen LogP contribution in [-0.4, -0.2) is 19.3 Å². The van der Waals surface area contributed by atoms with Gasteiger partial charge in [-0.1, -0.05) is 15.9 Å². The minimum Gasteiger partial charge on any atom is -0.496 e. The molecule has 4 N–H and O–H groups in total. The lowest BCUT2D eigenvalue weighted by Crippen LogP contribution is -2.21. The van der Waals surface area contributed by atoms with Crippen LogP contribution in [0, 0.1) is 0 Å². The Bertz CT molecular complexity index is 441. The predicted octanol–water partition coefficient (Wildman–Crippen LogP) is 1.83. The highest BCUT2D eigenvalue weighted by atomic mass is 79.9. The summed E-state index contributed by atoms with van der Waals surface area (Å²) in [5.41, 5.74) is 11.1. The SMILES string of the molecule is COc1cc(C=NN=C(N)N)c(Br)cc1Br. The number of ether oxygens (including phenoxy) is 1. The Morgan fingerprint density at radius 3 is 2.56 bits per heavy atom. The molecule has 0 unspecified atom stereocenters. The van der Waals surface area contributed by atoms with Crippen molar-refractivity contribution >= 4 is 44.0 Å². The molecule has 0 aliphatic carbocycles. The van der Waals surface area contributed by atoms with E-state index in [9.17, 15) is 0 Å². The van der Waals surface area contributed by atoms with Crippen molar-refractivity contribution < 1.29 is 4.74 Å². The van der Waals surface area contributed by atoms with Gasteiger partial charge in [0.1, 0.15) is 5.75 Å². The highest BCUT2D eigenvalue weighted by molar-refractivity contribution is 9.11. The zero-order chi connectivity index (χ0) is 12.1. The second-order valence-corrected chi connectivity index (χ2v) is 4.49. The Hall–Kier alpha value is -1.08. The lowest BCUT2D eigenvalue weighted by Gasteiger charge is -2.05. The fourth-order valence-corrected chi connectivity index (χ4v) is 2.22. The summed E-state index contributed by atoms with van der Waals surface area (Å²) in [5, 5.41) is 7.23.